The molecule has 7 heteroatoms. The van der Waals surface area contributed by atoms with E-state index in [-0.39, 0.29) is 11.8 Å². The molecule has 2 aromatic rings. The highest BCUT2D eigenvalue weighted by Crippen LogP contribution is 2.11. The van der Waals surface area contributed by atoms with Gasteiger partial charge in [0.2, 0.25) is 11.8 Å². The lowest BCUT2D eigenvalue weighted by Crippen LogP contribution is -2.11. The largest absolute Gasteiger partial charge is 0.339 e. The summed E-state index contributed by atoms with van der Waals surface area (Å²) in [5.74, 6) is 2.01. The number of anilines is 1. The van der Waals surface area contributed by atoms with E-state index < -0.39 is 0 Å². The highest BCUT2D eigenvalue weighted by molar-refractivity contribution is 5.89. The molecule has 2 aromatic heterocycles. The summed E-state index contributed by atoms with van der Waals surface area (Å²) < 4.78 is 5.12. The normalized spacial score (nSPS) is 11.0. The Hall–Kier alpha value is -2.18. The molecule has 108 valence electrons. The van der Waals surface area contributed by atoms with Crippen LogP contribution in [0.5, 0.6) is 0 Å². The maximum Gasteiger partial charge on any atom is 0.226 e. The van der Waals surface area contributed by atoms with Gasteiger partial charge in [-0.25, -0.2) is 0 Å². The molecule has 7 nitrogen and oxygen atoms in total. The van der Waals surface area contributed by atoms with Gasteiger partial charge in [-0.2, -0.15) is 10.1 Å². The summed E-state index contributed by atoms with van der Waals surface area (Å²) in [6.07, 6.45) is 1.66. The second-order valence-corrected chi connectivity index (χ2v) is 5.04. The van der Waals surface area contributed by atoms with Crippen LogP contribution in [0.25, 0.3) is 0 Å². The van der Waals surface area contributed by atoms with Crippen molar-refractivity contribution in [3.05, 3.63) is 23.5 Å². The van der Waals surface area contributed by atoms with E-state index in [2.05, 4.69) is 25.7 Å². The average Bonchev–Trinajstić information content (AvgIpc) is 2.99. The molecule has 0 aliphatic carbocycles. The topological polar surface area (TPSA) is 96.7 Å². The first-order chi connectivity index (χ1) is 9.54. The van der Waals surface area contributed by atoms with Gasteiger partial charge < -0.3 is 9.84 Å². The number of aryl methyl sites for hydroxylation is 2. The third-order valence-electron chi connectivity index (χ3n) is 2.77. The molecule has 0 atom stereocenters. The third-order valence-corrected chi connectivity index (χ3v) is 2.77. The fraction of sp³-hybridized carbons (Fsp3) is 0.538. The van der Waals surface area contributed by atoms with Crippen LogP contribution in [0.2, 0.25) is 0 Å². The lowest BCUT2D eigenvalue weighted by Gasteiger charge is -1.99. The smallest absolute Gasteiger partial charge is 0.226 e. The quantitative estimate of drug-likeness (QED) is 0.843. The molecule has 2 N–H and O–H groups in total. The van der Waals surface area contributed by atoms with Crippen LogP contribution in [0.15, 0.2) is 10.6 Å². The molecule has 20 heavy (non-hydrogen) atoms. The van der Waals surface area contributed by atoms with Gasteiger partial charge in [0, 0.05) is 30.5 Å². The predicted octanol–water partition coefficient (Wildman–Crippen LogP) is 2.19. The Balaban J connectivity index is 1.73. The molecule has 0 saturated carbocycles. The van der Waals surface area contributed by atoms with Crippen molar-refractivity contribution in [2.24, 2.45) is 0 Å². The van der Waals surface area contributed by atoms with Crippen LogP contribution in [0.4, 0.5) is 5.82 Å². The summed E-state index contributed by atoms with van der Waals surface area (Å²) in [6, 6.07) is 1.78. The molecule has 0 aromatic carbocycles. The summed E-state index contributed by atoms with van der Waals surface area (Å²) in [5.41, 5.74) is 0.910. The van der Waals surface area contributed by atoms with Gasteiger partial charge in [0.1, 0.15) is 0 Å². The lowest BCUT2D eigenvalue weighted by molar-refractivity contribution is -0.116. The Morgan fingerprint density at radius 3 is 2.90 bits per heavy atom. The van der Waals surface area contributed by atoms with Gasteiger partial charge in [-0.3, -0.25) is 9.89 Å². The number of rotatable bonds is 6. The fourth-order valence-electron chi connectivity index (χ4n) is 1.69. The number of aromatic nitrogens is 4. The van der Waals surface area contributed by atoms with Crippen LogP contribution in [-0.4, -0.2) is 26.2 Å². The number of amides is 1. The van der Waals surface area contributed by atoms with E-state index >= 15 is 0 Å². The number of hydrogen-bond donors (Lipinski definition) is 2. The second-order valence-electron chi connectivity index (χ2n) is 5.04. The Morgan fingerprint density at radius 1 is 1.50 bits per heavy atom. The van der Waals surface area contributed by atoms with Crippen molar-refractivity contribution < 1.29 is 9.32 Å². The molecule has 0 aliphatic rings. The minimum Gasteiger partial charge on any atom is -0.339 e. The Morgan fingerprint density at radius 2 is 2.30 bits per heavy atom. The number of nitrogens with one attached hydrogen (secondary N) is 2. The van der Waals surface area contributed by atoms with Crippen molar-refractivity contribution in [3.8, 4) is 0 Å². The molecule has 2 rings (SSSR count). The van der Waals surface area contributed by atoms with E-state index in [0.717, 1.165) is 5.69 Å². The minimum atomic E-state index is -0.0694. The van der Waals surface area contributed by atoms with Gasteiger partial charge in [0.15, 0.2) is 11.6 Å². The molecular weight excluding hydrogens is 258 g/mol. The summed E-state index contributed by atoms with van der Waals surface area (Å²) >= 11 is 0. The third kappa shape index (κ3) is 3.91. The Labute approximate surface area is 117 Å². The van der Waals surface area contributed by atoms with Crippen molar-refractivity contribution in [1.82, 2.24) is 20.3 Å². The Bertz CT molecular complexity index is 573. The maximum absolute atomic E-state index is 11.7. The second kappa shape index (κ2) is 6.31. The van der Waals surface area contributed by atoms with Crippen molar-refractivity contribution >= 4 is 11.7 Å². The van der Waals surface area contributed by atoms with Crippen molar-refractivity contribution in [1.29, 1.82) is 0 Å². The number of H-pyrrole nitrogens is 1. The van der Waals surface area contributed by atoms with Crippen LogP contribution < -0.4 is 5.32 Å². The summed E-state index contributed by atoms with van der Waals surface area (Å²) in [7, 11) is 0. The van der Waals surface area contributed by atoms with E-state index in [1.807, 2.05) is 20.8 Å². The van der Waals surface area contributed by atoms with Gasteiger partial charge >= 0.3 is 0 Å². The molecule has 0 saturated heterocycles. The first kappa shape index (κ1) is 14.2. The number of carbonyl (C=O) groups excluding carboxylic acids is 1. The predicted molar refractivity (Wildman–Crippen MR) is 73.3 cm³/mol. The summed E-state index contributed by atoms with van der Waals surface area (Å²) in [4.78, 5) is 16.0. The molecule has 0 spiro atoms. The van der Waals surface area contributed by atoms with Crippen molar-refractivity contribution in [2.45, 2.75) is 46.0 Å². The van der Waals surface area contributed by atoms with Gasteiger partial charge in [0.25, 0.3) is 0 Å². The standard InChI is InChI=1S/C13H19N5O2/c1-8(2)13-15-12(20-18-13)6-4-5-11(19)14-10-7-9(3)16-17-10/h7-8H,4-6H2,1-3H3,(H2,14,16,17,19). The molecule has 2 heterocycles. The first-order valence-electron chi connectivity index (χ1n) is 6.69. The van der Waals surface area contributed by atoms with Gasteiger partial charge in [-0.05, 0) is 13.3 Å². The molecule has 0 aliphatic heterocycles. The number of nitrogens with zero attached hydrogens (tertiary/aromatic N) is 3. The molecule has 0 unspecified atom stereocenters. The van der Waals surface area contributed by atoms with E-state index in [1.165, 1.54) is 0 Å². The number of aromatic amines is 1. The lowest BCUT2D eigenvalue weighted by atomic mass is 10.2. The highest BCUT2D eigenvalue weighted by atomic mass is 16.5. The zero-order chi connectivity index (χ0) is 14.5. The van der Waals surface area contributed by atoms with E-state index in [1.54, 1.807) is 6.07 Å². The van der Waals surface area contributed by atoms with Crippen molar-refractivity contribution in [3.63, 3.8) is 0 Å². The van der Waals surface area contributed by atoms with Crippen LogP contribution in [0.3, 0.4) is 0 Å². The molecule has 0 bridgehead atoms. The Kier molecular flexibility index (Phi) is 4.49. The molecule has 0 fully saturated rings. The zero-order valence-corrected chi connectivity index (χ0v) is 11.9. The summed E-state index contributed by atoms with van der Waals surface area (Å²) in [5, 5.41) is 13.3. The van der Waals surface area contributed by atoms with E-state index in [9.17, 15) is 4.79 Å². The van der Waals surface area contributed by atoms with Crippen LogP contribution in [-0.2, 0) is 11.2 Å². The van der Waals surface area contributed by atoms with Crippen LogP contribution in [0, 0.1) is 6.92 Å². The fourth-order valence-corrected chi connectivity index (χ4v) is 1.69. The maximum atomic E-state index is 11.7. The highest BCUT2D eigenvalue weighted by Gasteiger charge is 2.10. The van der Waals surface area contributed by atoms with Gasteiger partial charge in [0.05, 0.1) is 0 Å². The first-order valence-corrected chi connectivity index (χ1v) is 6.69. The average molecular weight is 277 g/mol. The minimum absolute atomic E-state index is 0.0694. The van der Waals surface area contributed by atoms with Crippen molar-refractivity contribution in [2.75, 3.05) is 5.32 Å². The molecular formula is C13H19N5O2. The molecule has 0 radical (unpaired) electrons. The number of hydrogen-bond acceptors (Lipinski definition) is 5. The SMILES string of the molecule is Cc1cc(NC(=O)CCCc2nc(C(C)C)no2)n[nH]1. The summed E-state index contributed by atoms with van der Waals surface area (Å²) in [6.45, 7) is 5.90. The molecule has 1 amide bonds. The van der Waals surface area contributed by atoms with E-state index in [4.69, 9.17) is 4.52 Å². The van der Waals surface area contributed by atoms with Crippen LogP contribution >= 0.6 is 0 Å². The van der Waals surface area contributed by atoms with Gasteiger partial charge in [-0.1, -0.05) is 19.0 Å². The zero-order valence-electron chi connectivity index (χ0n) is 11.9. The van der Waals surface area contributed by atoms with Crippen LogP contribution in [0.1, 0.15) is 50.0 Å². The number of carbonyl (C=O) groups is 1. The van der Waals surface area contributed by atoms with Gasteiger partial charge in [-0.15, -0.1) is 0 Å². The monoisotopic (exact) mass is 277 g/mol. The van der Waals surface area contributed by atoms with E-state index in [0.29, 0.717) is 36.8 Å².